The summed E-state index contributed by atoms with van der Waals surface area (Å²) in [4.78, 5) is 0. The second kappa shape index (κ2) is 4.76. The van der Waals surface area contributed by atoms with Crippen molar-refractivity contribution < 1.29 is 40.8 Å². The van der Waals surface area contributed by atoms with Crippen LogP contribution in [0.3, 0.4) is 0 Å². The number of hydrogen-bond acceptors (Lipinski definition) is 3. The van der Waals surface area contributed by atoms with E-state index in [9.17, 15) is 0 Å². The van der Waals surface area contributed by atoms with Crippen molar-refractivity contribution in [1.29, 1.82) is 0 Å². The summed E-state index contributed by atoms with van der Waals surface area (Å²) in [5.74, 6) is 0. The molecule has 6 heteroatoms. The minimum Gasteiger partial charge on any atom is -0.748 e. The Bertz CT molecular complexity index is 94.9. The molecule has 0 heterocycles. The maximum Gasteiger partial charge on any atom is 1.00 e. The molecule has 0 aromatic carbocycles. The Morgan fingerprint density at radius 3 is 1.43 bits per heavy atom. The second-order valence-corrected chi connectivity index (χ2v) is 2.11. The molecule has 0 spiro atoms. The Balaban J connectivity index is -0.0000000800. The summed E-state index contributed by atoms with van der Waals surface area (Å²) in [5, 5.41) is 0. The molecule has 0 amide bonds. The van der Waals surface area contributed by atoms with Gasteiger partial charge in [0.05, 0.1) is 10.1 Å². The second-order valence-electron chi connectivity index (χ2n) is 0.704. The fourth-order valence-electron chi connectivity index (χ4n) is 0. The fraction of sp³-hybridized carbons (Fsp3) is 1.00. The van der Waals surface area contributed by atoms with E-state index in [1.165, 1.54) is 0 Å². The van der Waals surface area contributed by atoms with Crippen molar-refractivity contribution >= 4 is 10.1 Å². The van der Waals surface area contributed by atoms with E-state index in [2.05, 4.69) is 0 Å². The van der Waals surface area contributed by atoms with Crippen molar-refractivity contribution in [1.82, 2.24) is 0 Å². The predicted octanol–water partition coefficient (Wildman–Crippen LogP) is -1.67. The molecule has 0 radical (unpaired) electrons. The van der Waals surface area contributed by atoms with Gasteiger partial charge in [0.25, 0.3) is 0 Å². The molecule has 0 saturated carbocycles. The zero-order valence-electron chi connectivity index (χ0n) is 3.43. The molecule has 0 unspecified atom stereocenters. The van der Waals surface area contributed by atoms with Crippen LogP contribution in [0.4, 0.5) is 0 Å². The molecule has 0 aliphatic carbocycles. The van der Waals surface area contributed by atoms with Crippen LogP contribution in [0.15, 0.2) is 0 Å². The van der Waals surface area contributed by atoms with Crippen molar-refractivity contribution in [3.63, 3.8) is 0 Å². The van der Waals surface area contributed by atoms with Crippen LogP contribution >= 0.6 is 0 Å². The van der Waals surface area contributed by atoms with Crippen LogP contribution in [0.2, 0.25) is 0 Å². The average molecular weight is 221 g/mol. The molecule has 0 saturated heterocycles. The van der Waals surface area contributed by atoms with Gasteiger partial charge in [-0.25, -0.2) is 8.42 Å². The molecule has 0 rings (SSSR count). The summed E-state index contributed by atoms with van der Waals surface area (Å²) in [5.41, 5.74) is 0. The molecule has 50 valence electrons. The monoisotopic (exact) mass is 220 g/mol. The molecular weight excluding hydrogens is 216 g/mol. The molecule has 4 nitrogen and oxygen atoms in total. The SMILES string of the molecule is CS(=O)(=O)[O-].O.[Ag+]. The van der Waals surface area contributed by atoms with Gasteiger partial charge < -0.3 is 10.0 Å². The number of hydrogen-bond donors (Lipinski definition) is 0. The minimum absolute atomic E-state index is 0. The Morgan fingerprint density at radius 2 is 1.43 bits per heavy atom. The Kier molecular flexibility index (Phi) is 10.6. The normalized spacial score (nSPS) is 8.29. The van der Waals surface area contributed by atoms with Gasteiger partial charge in [0.1, 0.15) is 0 Å². The maximum absolute atomic E-state index is 9.08. The zero-order valence-corrected chi connectivity index (χ0v) is 5.73. The summed E-state index contributed by atoms with van der Waals surface area (Å²) in [6.07, 6.45) is 0.604. The minimum atomic E-state index is -3.92. The van der Waals surface area contributed by atoms with Gasteiger partial charge in [0.15, 0.2) is 0 Å². The van der Waals surface area contributed by atoms with E-state index in [1.807, 2.05) is 0 Å². The van der Waals surface area contributed by atoms with Gasteiger partial charge in [-0.2, -0.15) is 0 Å². The molecule has 2 N–H and O–H groups in total. The van der Waals surface area contributed by atoms with Gasteiger partial charge in [-0.05, 0) is 0 Å². The number of rotatable bonds is 0. The molecule has 7 heavy (non-hydrogen) atoms. The molecule has 0 bridgehead atoms. The van der Waals surface area contributed by atoms with Crippen LogP contribution < -0.4 is 0 Å². The van der Waals surface area contributed by atoms with Crippen molar-refractivity contribution in [2.45, 2.75) is 0 Å². The van der Waals surface area contributed by atoms with Crippen LogP contribution in [0.1, 0.15) is 0 Å². The van der Waals surface area contributed by atoms with Crippen molar-refractivity contribution in [2.24, 2.45) is 0 Å². The van der Waals surface area contributed by atoms with Crippen molar-refractivity contribution in [3.8, 4) is 0 Å². The summed E-state index contributed by atoms with van der Waals surface area (Å²) in [7, 11) is -3.92. The Hall–Kier alpha value is 0.610. The molecular formula is CH5AgO4S. The van der Waals surface area contributed by atoms with E-state index in [0.717, 1.165) is 0 Å². The van der Waals surface area contributed by atoms with Gasteiger partial charge >= 0.3 is 22.4 Å². The molecule has 0 aromatic rings. The standard InChI is InChI=1S/CH4O3S.Ag.H2O/c1-5(2,3)4;;/h1H3,(H,2,3,4);;1H2/q;+1;/p-1. The molecule has 0 aliphatic rings. The third-order valence-corrected chi connectivity index (χ3v) is 0. The third kappa shape index (κ3) is 377. The van der Waals surface area contributed by atoms with Crippen LogP contribution in [0, 0.1) is 0 Å². The van der Waals surface area contributed by atoms with E-state index in [0.29, 0.717) is 6.26 Å². The smallest absolute Gasteiger partial charge is 0.748 e. The summed E-state index contributed by atoms with van der Waals surface area (Å²) >= 11 is 0. The predicted molar refractivity (Wildman–Crippen MR) is 19.2 cm³/mol. The van der Waals surface area contributed by atoms with E-state index in [4.69, 9.17) is 13.0 Å². The first-order valence-corrected chi connectivity index (χ1v) is 2.72. The van der Waals surface area contributed by atoms with Gasteiger partial charge in [-0.1, -0.05) is 0 Å². The van der Waals surface area contributed by atoms with E-state index < -0.39 is 10.1 Å². The van der Waals surface area contributed by atoms with E-state index in [1.54, 1.807) is 0 Å². The van der Waals surface area contributed by atoms with Gasteiger partial charge in [-0.3, -0.25) is 0 Å². The maximum atomic E-state index is 9.08. The first-order chi connectivity index (χ1) is 2.00. The largest absolute Gasteiger partial charge is 1.00 e. The summed E-state index contributed by atoms with van der Waals surface area (Å²) in [6, 6.07) is 0. The van der Waals surface area contributed by atoms with Gasteiger partial charge in [0, 0.05) is 6.26 Å². The van der Waals surface area contributed by atoms with Gasteiger partial charge in [0.2, 0.25) is 0 Å². The Morgan fingerprint density at radius 1 is 1.43 bits per heavy atom. The molecule has 0 aliphatic heterocycles. The van der Waals surface area contributed by atoms with E-state index in [-0.39, 0.29) is 27.9 Å². The van der Waals surface area contributed by atoms with Gasteiger partial charge in [-0.15, -0.1) is 0 Å². The summed E-state index contributed by atoms with van der Waals surface area (Å²) < 4.78 is 27.2. The first kappa shape index (κ1) is 15.6. The first-order valence-electron chi connectivity index (χ1n) is 0.908. The van der Waals surface area contributed by atoms with Crippen LogP contribution in [-0.2, 0) is 32.5 Å². The van der Waals surface area contributed by atoms with Crippen LogP contribution in [0.5, 0.6) is 0 Å². The summed E-state index contributed by atoms with van der Waals surface area (Å²) in [6.45, 7) is 0. The zero-order chi connectivity index (χ0) is 4.50. The van der Waals surface area contributed by atoms with Crippen LogP contribution in [0.25, 0.3) is 0 Å². The van der Waals surface area contributed by atoms with Crippen LogP contribution in [-0.4, -0.2) is 24.7 Å². The average Bonchev–Trinajstić information content (AvgIpc) is 0.722. The molecule has 0 fully saturated rings. The van der Waals surface area contributed by atoms with E-state index >= 15 is 0 Å². The Labute approximate surface area is 57.5 Å². The molecule has 0 aromatic heterocycles. The molecule has 0 atom stereocenters. The third-order valence-electron chi connectivity index (χ3n) is 0. The van der Waals surface area contributed by atoms with Crippen molar-refractivity contribution in [2.75, 3.05) is 6.26 Å². The topological polar surface area (TPSA) is 88.7 Å². The van der Waals surface area contributed by atoms with Crippen molar-refractivity contribution in [3.05, 3.63) is 0 Å². The quantitative estimate of drug-likeness (QED) is 0.362. The fourth-order valence-corrected chi connectivity index (χ4v) is 0.